The van der Waals surface area contributed by atoms with Crippen molar-refractivity contribution < 1.29 is 19.1 Å². The molecule has 6 unspecified atom stereocenters. The van der Waals surface area contributed by atoms with Crippen molar-refractivity contribution in [3.05, 3.63) is 71.8 Å². The molecule has 3 fully saturated rings. The summed E-state index contributed by atoms with van der Waals surface area (Å²) in [5.74, 6) is 1.81. The molecular weight excluding hydrogens is 402 g/mol. The van der Waals surface area contributed by atoms with Crippen LogP contribution in [0.15, 0.2) is 60.7 Å². The third-order valence-electron chi connectivity index (χ3n) is 7.66. The van der Waals surface area contributed by atoms with Crippen molar-refractivity contribution in [1.29, 1.82) is 0 Å². The van der Waals surface area contributed by atoms with Crippen LogP contribution in [0.2, 0.25) is 0 Å². The Balaban J connectivity index is 1.34. The van der Waals surface area contributed by atoms with Gasteiger partial charge >= 0.3 is 11.9 Å². The molecule has 1 aliphatic heterocycles. The highest BCUT2D eigenvalue weighted by atomic mass is 16.6. The van der Waals surface area contributed by atoms with Gasteiger partial charge < -0.3 is 14.4 Å². The molecule has 0 bridgehead atoms. The number of carbonyl (C=O) groups is 2. The van der Waals surface area contributed by atoms with Crippen LogP contribution in [-0.2, 0) is 9.47 Å². The van der Waals surface area contributed by atoms with Gasteiger partial charge in [0, 0.05) is 13.1 Å². The topological polar surface area (TPSA) is 55.8 Å². The van der Waals surface area contributed by atoms with Crippen LogP contribution in [0.5, 0.6) is 0 Å². The highest BCUT2D eigenvalue weighted by Crippen LogP contribution is 2.48. The maximum Gasteiger partial charge on any atom is 0.338 e. The molecule has 1 saturated heterocycles. The molecule has 2 aromatic rings. The van der Waals surface area contributed by atoms with Gasteiger partial charge in [-0.2, -0.15) is 0 Å². The fourth-order valence-corrected chi connectivity index (χ4v) is 6.16. The number of ether oxygens (including phenoxy) is 2. The van der Waals surface area contributed by atoms with E-state index in [4.69, 9.17) is 9.47 Å². The van der Waals surface area contributed by atoms with E-state index in [1.807, 2.05) is 36.4 Å². The number of hydrogen-bond acceptors (Lipinski definition) is 5. The Morgan fingerprint density at radius 2 is 1.06 bits per heavy atom. The molecule has 5 heteroatoms. The molecule has 2 aromatic carbocycles. The highest BCUT2D eigenvalue weighted by molar-refractivity contribution is 5.90. The van der Waals surface area contributed by atoms with Gasteiger partial charge in [0.2, 0.25) is 0 Å². The van der Waals surface area contributed by atoms with Crippen LogP contribution in [0.1, 0.15) is 46.4 Å². The Morgan fingerprint density at radius 3 is 1.47 bits per heavy atom. The Hall–Kier alpha value is -2.66. The summed E-state index contributed by atoms with van der Waals surface area (Å²) in [4.78, 5) is 28.1. The molecule has 1 heterocycles. The van der Waals surface area contributed by atoms with Gasteiger partial charge in [-0.05, 0) is 80.7 Å². The molecule has 0 aromatic heterocycles. The summed E-state index contributed by atoms with van der Waals surface area (Å²) in [7, 11) is 2.21. The summed E-state index contributed by atoms with van der Waals surface area (Å²) in [6, 6.07) is 18.1. The zero-order valence-electron chi connectivity index (χ0n) is 18.6. The van der Waals surface area contributed by atoms with Crippen molar-refractivity contribution in [2.75, 3.05) is 20.1 Å². The molecule has 3 aliphatic rings. The second kappa shape index (κ2) is 9.07. The second-order valence-electron chi connectivity index (χ2n) is 9.82. The van der Waals surface area contributed by atoms with Gasteiger partial charge in [0.05, 0.1) is 11.1 Å². The van der Waals surface area contributed by atoms with Gasteiger partial charge in [0.1, 0.15) is 12.2 Å². The fraction of sp³-hybridized carbons (Fsp3) is 0.481. The number of likely N-dealkylation sites (tertiary alicyclic amines) is 1. The lowest BCUT2D eigenvalue weighted by molar-refractivity contribution is -0.0871. The molecule has 0 spiro atoms. The Labute approximate surface area is 189 Å². The van der Waals surface area contributed by atoms with Crippen LogP contribution in [0.4, 0.5) is 0 Å². The van der Waals surface area contributed by atoms with Crippen LogP contribution in [0, 0.1) is 23.7 Å². The van der Waals surface area contributed by atoms with Gasteiger partial charge in [-0.25, -0.2) is 9.59 Å². The van der Waals surface area contributed by atoms with Gasteiger partial charge in [0.25, 0.3) is 0 Å². The Morgan fingerprint density at radius 1 is 0.656 bits per heavy atom. The van der Waals surface area contributed by atoms with E-state index in [9.17, 15) is 9.59 Å². The fourth-order valence-electron chi connectivity index (χ4n) is 6.16. The molecule has 6 atom stereocenters. The first-order valence-corrected chi connectivity index (χ1v) is 11.8. The first kappa shape index (κ1) is 21.2. The number of rotatable bonds is 4. The van der Waals surface area contributed by atoms with Crippen molar-refractivity contribution in [1.82, 2.24) is 4.90 Å². The smallest absolute Gasteiger partial charge is 0.338 e. The predicted octanol–water partition coefficient (Wildman–Crippen LogP) is 4.44. The largest absolute Gasteiger partial charge is 0.455 e. The van der Waals surface area contributed by atoms with Crippen LogP contribution >= 0.6 is 0 Å². The monoisotopic (exact) mass is 433 g/mol. The summed E-state index contributed by atoms with van der Waals surface area (Å²) < 4.78 is 12.0. The average molecular weight is 434 g/mol. The van der Waals surface area contributed by atoms with Crippen molar-refractivity contribution >= 4 is 11.9 Å². The minimum Gasteiger partial charge on any atom is -0.455 e. The molecule has 2 saturated carbocycles. The number of carbonyl (C=O) groups excluding carboxylic acids is 2. The molecule has 5 nitrogen and oxygen atoms in total. The number of fused-ring (bicyclic) bond motifs is 2. The summed E-state index contributed by atoms with van der Waals surface area (Å²) in [6.07, 6.45) is 3.07. The van der Waals surface area contributed by atoms with E-state index in [2.05, 4.69) is 11.9 Å². The van der Waals surface area contributed by atoms with Crippen molar-refractivity contribution in [2.45, 2.75) is 37.9 Å². The molecule has 5 rings (SSSR count). The zero-order valence-corrected chi connectivity index (χ0v) is 18.6. The standard InChI is InChI=1S/C27H31NO4/c1-28-16-22-12-20-14-24(31-26(29)18-8-4-2-5-9-18)25(15-21(20)13-23(22)17-28)32-27(30)19-10-6-3-7-11-19/h2-11,20-25H,12-17H2,1H3. The van der Waals surface area contributed by atoms with E-state index in [1.54, 1.807) is 24.3 Å². The third-order valence-corrected chi connectivity index (χ3v) is 7.66. The Bertz CT molecular complexity index is 869. The minimum absolute atomic E-state index is 0.343. The van der Waals surface area contributed by atoms with E-state index in [0.717, 1.165) is 37.8 Å². The molecule has 0 amide bonds. The average Bonchev–Trinajstić information content (AvgIpc) is 3.17. The lowest BCUT2D eigenvalue weighted by atomic mass is 9.63. The first-order chi connectivity index (χ1) is 15.6. The normalized spacial score (nSPS) is 31.9. The maximum absolute atomic E-state index is 12.8. The van der Waals surface area contributed by atoms with Crippen LogP contribution in [0.25, 0.3) is 0 Å². The van der Waals surface area contributed by atoms with Gasteiger partial charge in [-0.1, -0.05) is 36.4 Å². The predicted molar refractivity (Wildman–Crippen MR) is 121 cm³/mol. The summed E-state index contributed by atoms with van der Waals surface area (Å²) >= 11 is 0. The van der Waals surface area contributed by atoms with Gasteiger partial charge in [-0.3, -0.25) is 0 Å². The van der Waals surface area contributed by atoms with E-state index in [-0.39, 0.29) is 11.9 Å². The van der Waals surface area contributed by atoms with Gasteiger partial charge in [-0.15, -0.1) is 0 Å². The zero-order chi connectivity index (χ0) is 22.1. The highest BCUT2D eigenvalue weighted by Gasteiger charge is 2.48. The van der Waals surface area contributed by atoms with Crippen LogP contribution < -0.4 is 0 Å². The Kier molecular flexibility index (Phi) is 6.01. The van der Waals surface area contributed by atoms with Crippen molar-refractivity contribution in [2.24, 2.45) is 23.7 Å². The summed E-state index contributed by atoms with van der Waals surface area (Å²) in [5, 5.41) is 0. The second-order valence-corrected chi connectivity index (χ2v) is 9.82. The quantitative estimate of drug-likeness (QED) is 0.668. The van der Waals surface area contributed by atoms with E-state index in [1.165, 1.54) is 12.8 Å². The summed E-state index contributed by atoms with van der Waals surface area (Å²) in [5.41, 5.74) is 1.06. The first-order valence-electron chi connectivity index (χ1n) is 11.8. The number of hydrogen-bond donors (Lipinski definition) is 0. The molecule has 0 N–H and O–H groups in total. The van der Waals surface area contributed by atoms with E-state index in [0.29, 0.717) is 23.0 Å². The lowest BCUT2D eigenvalue weighted by Gasteiger charge is -2.46. The van der Waals surface area contributed by atoms with Gasteiger partial charge in [0.15, 0.2) is 0 Å². The van der Waals surface area contributed by atoms with Crippen LogP contribution in [-0.4, -0.2) is 49.2 Å². The lowest BCUT2D eigenvalue weighted by Crippen LogP contribution is -2.47. The maximum atomic E-state index is 12.8. The summed E-state index contributed by atoms with van der Waals surface area (Å²) in [6.45, 7) is 2.32. The molecule has 168 valence electrons. The van der Waals surface area contributed by atoms with E-state index >= 15 is 0 Å². The molecule has 0 radical (unpaired) electrons. The number of benzene rings is 2. The van der Waals surface area contributed by atoms with Crippen molar-refractivity contribution in [3.8, 4) is 0 Å². The number of nitrogens with zero attached hydrogens (tertiary/aromatic N) is 1. The molecular formula is C27H31NO4. The molecule has 32 heavy (non-hydrogen) atoms. The number of esters is 2. The van der Waals surface area contributed by atoms with Crippen molar-refractivity contribution in [3.63, 3.8) is 0 Å². The third kappa shape index (κ3) is 4.44. The molecule has 2 aliphatic carbocycles. The van der Waals surface area contributed by atoms with Crippen LogP contribution in [0.3, 0.4) is 0 Å². The SMILES string of the molecule is CN1CC2CC3CC(OC(=O)c4ccccc4)C(OC(=O)c4ccccc4)CC3CC2C1. The van der Waals surface area contributed by atoms with E-state index < -0.39 is 12.2 Å². The minimum atomic E-state index is -0.410.